The Bertz CT molecular complexity index is 470. The molecule has 0 unspecified atom stereocenters. The first-order valence-electron chi connectivity index (χ1n) is 5.59. The summed E-state index contributed by atoms with van der Waals surface area (Å²) >= 11 is 0. The van der Waals surface area contributed by atoms with Crippen LogP contribution in [0.25, 0.3) is 0 Å². The highest BCUT2D eigenvalue weighted by molar-refractivity contribution is 7.90. The van der Waals surface area contributed by atoms with Crippen molar-refractivity contribution in [1.29, 1.82) is 0 Å². The van der Waals surface area contributed by atoms with Crippen molar-refractivity contribution in [2.24, 2.45) is 0 Å². The van der Waals surface area contributed by atoms with Crippen LogP contribution in [0.1, 0.15) is 12.0 Å². The number of carbonyl (C=O) groups is 1. The van der Waals surface area contributed by atoms with Crippen LogP contribution < -0.4 is 5.32 Å². The number of hydrogen-bond acceptors (Lipinski definition) is 4. The zero-order chi connectivity index (χ0) is 13.4. The Hall–Kier alpha value is -1.56. The molecule has 6 heteroatoms. The van der Waals surface area contributed by atoms with Crippen molar-refractivity contribution >= 4 is 15.9 Å². The molecule has 0 aromatic heterocycles. The van der Waals surface area contributed by atoms with Crippen molar-refractivity contribution in [1.82, 2.24) is 5.32 Å². The van der Waals surface area contributed by atoms with Gasteiger partial charge in [-0.05, 0) is 12.0 Å². The maximum Gasteiger partial charge on any atom is 0.407 e. The van der Waals surface area contributed by atoms with Gasteiger partial charge in [0.25, 0.3) is 0 Å². The van der Waals surface area contributed by atoms with E-state index in [0.29, 0.717) is 13.0 Å². The highest BCUT2D eigenvalue weighted by Crippen LogP contribution is 2.00. The molecular weight excluding hydrogens is 254 g/mol. The van der Waals surface area contributed by atoms with E-state index >= 15 is 0 Å². The van der Waals surface area contributed by atoms with Crippen molar-refractivity contribution in [2.45, 2.75) is 13.0 Å². The highest BCUT2D eigenvalue weighted by Gasteiger charge is 2.04. The number of ether oxygens (including phenoxy) is 1. The first-order chi connectivity index (χ1) is 8.47. The molecule has 1 amide bonds. The molecule has 1 aromatic rings. The monoisotopic (exact) mass is 271 g/mol. The standard InChI is InChI=1S/C12H17NO4S/c1-18(15,16)9-5-8-13-12(14)17-10-11-6-3-2-4-7-11/h2-4,6-7H,5,8-10H2,1H3,(H,13,14). The van der Waals surface area contributed by atoms with Gasteiger partial charge in [0.1, 0.15) is 16.4 Å². The maximum atomic E-state index is 11.3. The van der Waals surface area contributed by atoms with Crippen LogP contribution in [0.2, 0.25) is 0 Å². The van der Waals surface area contributed by atoms with E-state index in [-0.39, 0.29) is 12.4 Å². The van der Waals surface area contributed by atoms with E-state index in [1.807, 2.05) is 30.3 Å². The zero-order valence-corrected chi connectivity index (χ0v) is 11.1. The number of rotatable bonds is 6. The van der Waals surface area contributed by atoms with Gasteiger partial charge in [-0.2, -0.15) is 0 Å². The number of hydrogen-bond donors (Lipinski definition) is 1. The van der Waals surface area contributed by atoms with Crippen LogP contribution in [0, 0.1) is 0 Å². The van der Waals surface area contributed by atoms with Gasteiger partial charge < -0.3 is 10.1 Å². The molecule has 100 valence electrons. The van der Waals surface area contributed by atoms with Gasteiger partial charge in [0, 0.05) is 12.8 Å². The number of amides is 1. The molecule has 1 aromatic carbocycles. The summed E-state index contributed by atoms with van der Waals surface area (Å²) in [5, 5.41) is 2.50. The van der Waals surface area contributed by atoms with Crippen LogP contribution in [0.5, 0.6) is 0 Å². The lowest BCUT2D eigenvalue weighted by Crippen LogP contribution is -2.26. The van der Waals surface area contributed by atoms with Gasteiger partial charge in [-0.1, -0.05) is 30.3 Å². The predicted molar refractivity (Wildman–Crippen MR) is 69.0 cm³/mol. The van der Waals surface area contributed by atoms with Crippen molar-refractivity contribution in [3.05, 3.63) is 35.9 Å². The molecule has 0 bridgehead atoms. The number of sulfone groups is 1. The summed E-state index contributed by atoms with van der Waals surface area (Å²) in [4.78, 5) is 11.3. The summed E-state index contributed by atoms with van der Waals surface area (Å²) in [7, 11) is -2.97. The topological polar surface area (TPSA) is 72.5 Å². The molecule has 0 saturated heterocycles. The van der Waals surface area contributed by atoms with Gasteiger partial charge in [-0.3, -0.25) is 0 Å². The average molecular weight is 271 g/mol. The summed E-state index contributed by atoms with van der Waals surface area (Å²) in [6.07, 6.45) is 1.02. The van der Waals surface area contributed by atoms with E-state index in [4.69, 9.17) is 4.74 Å². The van der Waals surface area contributed by atoms with Gasteiger partial charge in [-0.25, -0.2) is 13.2 Å². The van der Waals surface area contributed by atoms with E-state index in [1.165, 1.54) is 6.26 Å². The SMILES string of the molecule is CS(=O)(=O)CCCNC(=O)OCc1ccccc1. The molecule has 5 nitrogen and oxygen atoms in total. The van der Waals surface area contributed by atoms with E-state index in [2.05, 4.69) is 5.32 Å². The summed E-state index contributed by atoms with van der Waals surface area (Å²) in [5.74, 6) is 0.0615. The number of carbonyl (C=O) groups excluding carboxylic acids is 1. The number of alkyl carbamates (subject to hydrolysis) is 1. The maximum absolute atomic E-state index is 11.3. The normalized spacial score (nSPS) is 10.9. The molecule has 0 fully saturated rings. The molecule has 0 radical (unpaired) electrons. The van der Waals surface area contributed by atoms with Gasteiger partial charge in [-0.15, -0.1) is 0 Å². The highest BCUT2D eigenvalue weighted by atomic mass is 32.2. The second-order valence-electron chi connectivity index (χ2n) is 3.97. The molecule has 0 saturated carbocycles. The lowest BCUT2D eigenvalue weighted by atomic mass is 10.2. The molecule has 0 spiro atoms. The molecule has 0 atom stereocenters. The Morgan fingerprint density at radius 3 is 2.56 bits per heavy atom. The van der Waals surface area contributed by atoms with Crippen LogP contribution in [-0.4, -0.2) is 33.1 Å². The second-order valence-corrected chi connectivity index (χ2v) is 6.23. The van der Waals surface area contributed by atoms with E-state index in [0.717, 1.165) is 5.56 Å². The molecule has 0 heterocycles. The molecule has 0 aliphatic heterocycles. The first kappa shape index (κ1) is 14.5. The summed E-state index contributed by atoms with van der Waals surface area (Å²) < 4.78 is 26.6. The van der Waals surface area contributed by atoms with E-state index in [9.17, 15) is 13.2 Å². The minimum atomic E-state index is -2.97. The fourth-order valence-corrected chi connectivity index (χ4v) is 1.97. The molecule has 18 heavy (non-hydrogen) atoms. The van der Waals surface area contributed by atoms with Crippen LogP contribution in [0.4, 0.5) is 4.79 Å². The molecule has 0 aliphatic rings. The minimum Gasteiger partial charge on any atom is -0.445 e. The molecule has 1 N–H and O–H groups in total. The third-order valence-corrected chi connectivity index (χ3v) is 3.20. The lowest BCUT2D eigenvalue weighted by molar-refractivity contribution is 0.139. The Morgan fingerprint density at radius 1 is 1.28 bits per heavy atom. The number of benzene rings is 1. The lowest BCUT2D eigenvalue weighted by Gasteiger charge is -2.06. The van der Waals surface area contributed by atoms with Crippen LogP contribution in [0.3, 0.4) is 0 Å². The van der Waals surface area contributed by atoms with Gasteiger partial charge in [0.15, 0.2) is 0 Å². The third-order valence-electron chi connectivity index (χ3n) is 2.17. The average Bonchev–Trinajstić information content (AvgIpc) is 2.32. The summed E-state index contributed by atoms with van der Waals surface area (Å²) in [6, 6.07) is 9.33. The fraction of sp³-hybridized carbons (Fsp3) is 0.417. The largest absolute Gasteiger partial charge is 0.445 e. The van der Waals surface area contributed by atoms with Crippen molar-refractivity contribution in [3.8, 4) is 0 Å². The van der Waals surface area contributed by atoms with Crippen molar-refractivity contribution in [2.75, 3.05) is 18.6 Å². The van der Waals surface area contributed by atoms with Gasteiger partial charge in [0.2, 0.25) is 0 Å². The second kappa shape index (κ2) is 7.00. The Kier molecular flexibility index (Phi) is 5.64. The smallest absolute Gasteiger partial charge is 0.407 e. The van der Waals surface area contributed by atoms with E-state index < -0.39 is 15.9 Å². The number of nitrogens with one attached hydrogen (secondary N) is 1. The van der Waals surface area contributed by atoms with Crippen molar-refractivity contribution in [3.63, 3.8) is 0 Å². The quantitative estimate of drug-likeness (QED) is 0.793. The molecular formula is C12H17NO4S. The fourth-order valence-electron chi connectivity index (χ4n) is 1.30. The Labute approximate surface area is 107 Å². The van der Waals surface area contributed by atoms with Gasteiger partial charge in [0.05, 0.1) is 5.75 Å². The Morgan fingerprint density at radius 2 is 1.94 bits per heavy atom. The predicted octanol–water partition coefficient (Wildman–Crippen LogP) is 1.35. The third kappa shape index (κ3) is 6.90. The Balaban J connectivity index is 2.15. The summed E-state index contributed by atoms with van der Waals surface area (Å²) in [5.41, 5.74) is 0.906. The van der Waals surface area contributed by atoms with Crippen LogP contribution >= 0.6 is 0 Å². The minimum absolute atomic E-state index is 0.0615. The molecule has 0 aliphatic carbocycles. The molecule has 1 rings (SSSR count). The summed E-state index contributed by atoms with van der Waals surface area (Å²) in [6.45, 7) is 0.499. The van der Waals surface area contributed by atoms with Crippen LogP contribution in [-0.2, 0) is 21.2 Å². The first-order valence-corrected chi connectivity index (χ1v) is 7.66. The van der Waals surface area contributed by atoms with E-state index in [1.54, 1.807) is 0 Å². The van der Waals surface area contributed by atoms with Gasteiger partial charge >= 0.3 is 6.09 Å². The van der Waals surface area contributed by atoms with Crippen molar-refractivity contribution < 1.29 is 17.9 Å². The zero-order valence-electron chi connectivity index (χ0n) is 10.3. The van der Waals surface area contributed by atoms with Crippen LogP contribution in [0.15, 0.2) is 30.3 Å².